The number of hydrogen-bond acceptors (Lipinski definition) is 4. The molecule has 2 aromatic heterocycles. The van der Waals surface area contributed by atoms with Crippen LogP contribution in [0.15, 0.2) is 36.8 Å². The summed E-state index contributed by atoms with van der Waals surface area (Å²) in [4.78, 5) is 20.6. The van der Waals surface area contributed by atoms with Crippen LogP contribution in [0.5, 0.6) is 0 Å². The predicted octanol–water partition coefficient (Wildman–Crippen LogP) is 1.92. The summed E-state index contributed by atoms with van der Waals surface area (Å²) in [6, 6.07) is 5.24. The summed E-state index contributed by atoms with van der Waals surface area (Å²) in [6.45, 7) is 1.85. The van der Waals surface area contributed by atoms with Gasteiger partial charge in [-0.3, -0.25) is 19.4 Å². The maximum Gasteiger partial charge on any atom is 0.255 e. The highest BCUT2D eigenvalue weighted by atomic mass is 16.1. The third-order valence-corrected chi connectivity index (χ3v) is 2.99. The third-order valence-electron chi connectivity index (χ3n) is 2.99. The Balaban J connectivity index is 1.90. The zero-order valence-corrected chi connectivity index (χ0v) is 11.2. The standard InChI is InChI=1S/C14H13N5O/c1-9-13(8-19(2)18-9)17-14(20)10-3-4-11-12(7-10)16-6-5-15-11/h3-8H,1-2H3,(H,17,20). The van der Waals surface area contributed by atoms with Crippen molar-refractivity contribution in [3.63, 3.8) is 0 Å². The van der Waals surface area contributed by atoms with E-state index in [0.29, 0.717) is 16.8 Å². The summed E-state index contributed by atoms with van der Waals surface area (Å²) in [5, 5.41) is 7.03. The van der Waals surface area contributed by atoms with Crippen molar-refractivity contribution in [1.29, 1.82) is 0 Å². The normalized spacial score (nSPS) is 10.7. The quantitative estimate of drug-likeness (QED) is 0.770. The fourth-order valence-corrected chi connectivity index (χ4v) is 2.02. The SMILES string of the molecule is Cc1nn(C)cc1NC(=O)c1ccc2nccnc2c1. The van der Waals surface area contributed by atoms with Crippen LogP contribution >= 0.6 is 0 Å². The fraction of sp³-hybridized carbons (Fsp3) is 0.143. The molecule has 0 radical (unpaired) electrons. The second kappa shape index (κ2) is 4.73. The molecule has 6 nitrogen and oxygen atoms in total. The van der Waals surface area contributed by atoms with E-state index in [-0.39, 0.29) is 5.91 Å². The predicted molar refractivity (Wildman–Crippen MR) is 75.4 cm³/mol. The molecule has 1 aromatic carbocycles. The molecule has 1 N–H and O–H groups in total. The number of carbonyl (C=O) groups is 1. The first-order valence-corrected chi connectivity index (χ1v) is 6.16. The van der Waals surface area contributed by atoms with Gasteiger partial charge in [0.15, 0.2) is 0 Å². The third kappa shape index (κ3) is 2.23. The van der Waals surface area contributed by atoms with Crippen LogP contribution in [0.3, 0.4) is 0 Å². The molecule has 20 heavy (non-hydrogen) atoms. The first-order chi connectivity index (χ1) is 9.63. The number of carbonyl (C=O) groups excluding carboxylic acids is 1. The molecule has 1 amide bonds. The van der Waals surface area contributed by atoms with E-state index in [4.69, 9.17) is 0 Å². The monoisotopic (exact) mass is 267 g/mol. The average Bonchev–Trinajstić information content (AvgIpc) is 2.76. The Bertz CT molecular complexity index is 793. The molecule has 0 saturated carbocycles. The van der Waals surface area contributed by atoms with Crippen LogP contribution in [-0.2, 0) is 7.05 Å². The number of nitrogens with one attached hydrogen (secondary N) is 1. The van der Waals surface area contributed by atoms with Crippen molar-refractivity contribution < 1.29 is 4.79 Å². The molecule has 0 atom stereocenters. The first kappa shape index (κ1) is 12.3. The molecule has 0 bridgehead atoms. The highest BCUT2D eigenvalue weighted by molar-refractivity contribution is 6.06. The number of hydrogen-bond donors (Lipinski definition) is 1. The first-order valence-electron chi connectivity index (χ1n) is 6.16. The highest BCUT2D eigenvalue weighted by Crippen LogP contribution is 2.15. The summed E-state index contributed by atoms with van der Waals surface area (Å²) < 4.78 is 1.66. The number of amides is 1. The highest BCUT2D eigenvalue weighted by Gasteiger charge is 2.10. The topological polar surface area (TPSA) is 72.7 Å². The van der Waals surface area contributed by atoms with Crippen LogP contribution in [0.1, 0.15) is 16.1 Å². The lowest BCUT2D eigenvalue weighted by molar-refractivity contribution is 0.102. The maximum absolute atomic E-state index is 12.2. The molecule has 0 aliphatic rings. The summed E-state index contributed by atoms with van der Waals surface area (Å²) >= 11 is 0. The van der Waals surface area contributed by atoms with Gasteiger partial charge in [0.25, 0.3) is 5.91 Å². The molecule has 3 rings (SSSR count). The summed E-state index contributed by atoms with van der Waals surface area (Å²) in [7, 11) is 1.81. The Kier molecular flexibility index (Phi) is 2.90. The van der Waals surface area contributed by atoms with Crippen LogP contribution in [0, 0.1) is 6.92 Å². The molecule has 0 spiro atoms. The number of fused-ring (bicyclic) bond motifs is 1. The molecule has 0 aliphatic carbocycles. The van der Waals surface area contributed by atoms with Gasteiger partial charge in [-0.05, 0) is 25.1 Å². The molecule has 0 unspecified atom stereocenters. The molecule has 3 aromatic rings. The van der Waals surface area contributed by atoms with Crippen molar-refractivity contribution >= 4 is 22.6 Å². The zero-order chi connectivity index (χ0) is 14.1. The number of nitrogens with zero attached hydrogens (tertiary/aromatic N) is 4. The Morgan fingerprint density at radius 2 is 1.95 bits per heavy atom. The lowest BCUT2D eigenvalue weighted by Gasteiger charge is -2.04. The number of aromatic nitrogens is 4. The van der Waals surface area contributed by atoms with Crippen LogP contribution < -0.4 is 5.32 Å². The van der Waals surface area contributed by atoms with Gasteiger partial charge < -0.3 is 5.32 Å². The van der Waals surface area contributed by atoms with Crippen molar-refractivity contribution in [2.24, 2.45) is 7.05 Å². The van der Waals surface area contributed by atoms with Crippen molar-refractivity contribution in [3.05, 3.63) is 48.0 Å². The molecule has 0 aliphatic heterocycles. The van der Waals surface area contributed by atoms with Crippen molar-refractivity contribution in [2.45, 2.75) is 6.92 Å². The number of aryl methyl sites for hydroxylation is 2. The molecular formula is C14H13N5O. The Morgan fingerprint density at radius 3 is 2.65 bits per heavy atom. The average molecular weight is 267 g/mol. The van der Waals surface area contributed by atoms with E-state index >= 15 is 0 Å². The largest absolute Gasteiger partial charge is 0.319 e. The van der Waals surface area contributed by atoms with E-state index in [2.05, 4.69) is 20.4 Å². The van der Waals surface area contributed by atoms with E-state index in [1.165, 1.54) is 0 Å². The van der Waals surface area contributed by atoms with Crippen LogP contribution in [0.2, 0.25) is 0 Å². The van der Waals surface area contributed by atoms with E-state index in [1.807, 2.05) is 14.0 Å². The maximum atomic E-state index is 12.2. The zero-order valence-electron chi connectivity index (χ0n) is 11.2. The van der Waals surface area contributed by atoms with Gasteiger partial charge in [0.05, 0.1) is 22.4 Å². The number of anilines is 1. The van der Waals surface area contributed by atoms with Gasteiger partial charge in [0.1, 0.15) is 0 Å². The molecule has 6 heteroatoms. The Morgan fingerprint density at radius 1 is 1.20 bits per heavy atom. The molecular weight excluding hydrogens is 254 g/mol. The lowest BCUT2D eigenvalue weighted by atomic mass is 10.2. The molecule has 100 valence electrons. The van der Waals surface area contributed by atoms with Crippen LogP contribution in [0.25, 0.3) is 11.0 Å². The Labute approximate surface area is 115 Å². The second-order valence-electron chi connectivity index (χ2n) is 4.52. The van der Waals surface area contributed by atoms with E-state index in [0.717, 1.165) is 11.2 Å². The molecule has 0 saturated heterocycles. The van der Waals surface area contributed by atoms with Crippen molar-refractivity contribution in [2.75, 3.05) is 5.32 Å². The summed E-state index contributed by atoms with van der Waals surface area (Å²) in [5.41, 5.74) is 3.49. The minimum absolute atomic E-state index is 0.186. The minimum atomic E-state index is -0.186. The minimum Gasteiger partial charge on any atom is -0.319 e. The van der Waals surface area contributed by atoms with Crippen molar-refractivity contribution in [1.82, 2.24) is 19.7 Å². The van der Waals surface area contributed by atoms with Gasteiger partial charge in [-0.1, -0.05) is 0 Å². The smallest absolute Gasteiger partial charge is 0.255 e. The molecule has 2 heterocycles. The Hall–Kier alpha value is -2.76. The lowest BCUT2D eigenvalue weighted by Crippen LogP contribution is -2.12. The van der Waals surface area contributed by atoms with Crippen molar-refractivity contribution in [3.8, 4) is 0 Å². The van der Waals surface area contributed by atoms with Crippen LogP contribution in [0.4, 0.5) is 5.69 Å². The van der Waals surface area contributed by atoms with E-state index in [1.54, 1.807) is 41.5 Å². The van der Waals surface area contributed by atoms with E-state index in [9.17, 15) is 4.79 Å². The van der Waals surface area contributed by atoms with Gasteiger partial charge in [-0.2, -0.15) is 5.10 Å². The van der Waals surface area contributed by atoms with Gasteiger partial charge in [-0.15, -0.1) is 0 Å². The van der Waals surface area contributed by atoms with Gasteiger partial charge in [-0.25, -0.2) is 0 Å². The fourth-order valence-electron chi connectivity index (χ4n) is 2.02. The molecule has 0 fully saturated rings. The number of rotatable bonds is 2. The van der Waals surface area contributed by atoms with Gasteiger partial charge in [0.2, 0.25) is 0 Å². The van der Waals surface area contributed by atoms with Gasteiger partial charge in [0, 0.05) is 31.2 Å². The second-order valence-corrected chi connectivity index (χ2v) is 4.52. The van der Waals surface area contributed by atoms with E-state index < -0.39 is 0 Å². The summed E-state index contributed by atoms with van der Waals surface area (Å²) in [5.74, 6) is -0.186. The summed E-state index contributed by atoms with van der Waals surface area (Å²) in [6.07, 6.45) is 5.00. The number of benzene rings is 1. The van der Waals surface area contributed by atoms with Gasteiger partial charge >= 0.3 is 0 Å². The van der Waals surface area contributed by atoms with Crippen LogP contribution in [-0.4, -0.2) is 25.7 Å².